The van der Waals surface area contributed by atoms with Crippen LogP contribution in [0.1, 0.15) is 17.5 Å². The summed E-state index contributed by atoms with van der Waals surface area (Å²) in [7, 11) is 0. The first kappa shape index (κ1) is 16.9. The van der Waals surface area contributed by atoms with E-state index in [1.54, 1.807) is 4.90 Å². The maximum Gasteiger partial charge on any atom is 0.265 e. The molecular formula is C20H19ClN2O3. The molecule has 6 heteroatoms. The molecule has 134 valence electrons. The van der Waals surface area contributed by atoms with E-state index in [-0.39, 0.29) is 24.8 Å². The molecule has 0 fully saturated rings. The minimum Gasteiger partial charge on any atom is -0.482 e. The number of ether oxygens (including phenoxy) is 1. The number of nitrogens with zero attached hydrogens (tertiary/aromatic N) is 2. The smallest absolute Gasteiger partial charge is 0.265 e. The Morgan fingerprint density at radius 1 is 1.15 bits per heavy atom. The molecule has 2 aromatic carbocycles. The number of fused-ring (bicyclic) bond motifs is 2. The number of rotatable bonds is 3. The third-order valence-electron chi connectivity index (χ3n) is 4.89. The van der Waals surface area contributed by atoms with Crippen molar-refractivity contribution < 1.29 is 14.3 Å². The largest absolute Gasteiger partial charge is 0.482 e. The van der Waals surface area contributed by atoms with Gasteiger partial charge in [0.1, 0.15) is 5.75 Å². The lowest BCUT2D eigenvalue weighted by Gasteiger charge is -2.32. The van der Waals surface area contributed by atoms with E-state index in [1.807, 2.05) is 47.4 Å². The Bertz CT molecular complexity index is 868. The van der Waals surface area contributed by atoms with Crippen molar-refractivity contribution in [3.05, 3.63) is 58.6 Å². The maximum atomic E-state index is 12.7. The summed E-state index contributed by atoms with van der Waals surface area (Å²) in [6.07, 6.45) is 1.12. The SMILES string of the molecule is O=C(CCN1C(=O)COc2ccccc21)N1CCc2ccc(Cl)cc2C1. The summed E-state index contributed by atoms with van der Waals surface area (Å²) in [5.41, 5.74) is 3.08. The van der Waals surface area contributed by atoms with Crippen molar-refractivity contribution in [2.45, 2.75) is 19.4 Å². The van der Waals surface area contributed by atoms with E-state index in [2.05, 4.69) is 0 Å². The molecule has 0 radical (unpaired) electrons. The second-order valence-electron chi connectivity index (χ2n) is 6.53. The van der Waals surface area contributed by atoms with Gasteiger partial charge in [-0.15, -0.1) is 0 Å². The summed E-state index contributed by atoms with van der Waals surface area (Å²) in [5.74, 6) is 0.612. The number of carbonyl (C=O) groups excluding carboxylic acids is 2. The molecule has 0 atom stereocenters. The van der Waals surface area contributed by atoms with Gasteiger partial charge in [0.15, 0.2) is 6.61 Å². The topological polar surface area (TPSA) is 49.9 Å². The molecule has 4 rings (SSSR count). The Balaban J connectivity index is 1.43. The minimum absolute atomic E-state index is 0.0147. The highest BCUT2D eigenvalue weighted by Gasteiger charge is 2.27. The van der Waals surface area contributed by atoms with Crippen LogP contribution >= 0.6 is 11.6 Å². The molecule has 2 amide bonds. The number of benzene rings is 2. The second kappa shape index (κ2) is 7.00. The van der Waals surface area contributed by atoms with Gasteiger partial charge in [-0.2, -0.15) is 0 Å². The van der Waals surface area contributed by atoms with Crippen LogP contribution in [0.15, 0.2) is 42.5 Å². The van der Waals surface area contributed by atoms with Gasteiger partial charge in [-0.05, 0) is 41.8 Å². The zero-order valence-electron chi connectivity index (χ0n) is 14.3. The van der Waals surface area contributed by atoms with Gasteiger partial charge < -0.3 is 14.5 Å². The average Bonchev–Trinajstić information content (AvgIpc) is 2.66. The lowest BCUT2D eigenvalue weighted by molar-refractivity contribution is -0.132. The molecule has 0 aliphatic carbocycles. The van der Waals surface area contributed by atoms with Crippen molar-refractivity contribution in [1.82, 2.24) is 4.90 Å². The number of hydrogen-bond donors (Lipinski definition) is 0. The Kier molecular flexibility index (Phi) is 4.55. The molecule has 0 saturated carbocycles. The van der Waals surface area contributed by atoms with E-state index < -0.39 is 0 Å². The molecule has 0 spiro atoms. The van der Waals surface area contributed by atoms with Crippen LogP contribution in [0, 0.1) is 0 Å². The third-order valence-corrected chi connectivity index (χ3v) is 5.13. The molecule has 2 aromatic rings. The summed E-state index contributed by atoms with van der Waals surface area (Å²) in [5, 5.41) is 0.688. The number of carbonyl (C=O) groups is 2. The first-order valence-corrected chi connectivity index (χ1v) is 9.07. The summed E-state index contributed by atoms with van der Waals surface area (Å²) < 4.78 is 5.44. The number of halogens is 1. The number of hydrogen-bond acceptors (Lipinski definition) is 3. The van der Waals surface area contributed by atoms with Crippen molar-refractivity contribution >= 4 is 29.1 Å². The quantitative estimate of drug-likeness (QED) is 0.834. The standard InChI is InChI=1S/C20H19ClN2O3/c21-16-6-5-14-7-9-22(12-15(14)11-16)19(24)8-10-23-17-3-1-2-4-18(17)26-13-20(23)25/h1-6,11H,7-10,12-13H2. The molecule has 26 heavy (non-hydrogen) atoms. The van der Waals surface area contributed by atoms with Crippen molar-refractivity contribution in [1.29, 1.82) is 0 Å². The van der Waals surface area contributed by atoms with E-state index in [4.69, 9.17) is 16.3 Å². The highest BCUT2D eigenvalue weighted by atomic mass is 35.5. The zero-order valence-corrected chi connectivity index (χ0v) is 15.0. The minimum atomic E-state index is -0.118. The van der Waals surface area contributed by atoms with Crippen LogP contribution < -0.4 is 9.64 Å². The highest BCUT2D eigenvalue weighted by molar-refractivity contribution is 6.30. The maximum absolute atomic E-state index is 12.7. The molecule has 5 nitrogen and oxygen atoms in total. The van der Waals surface area contributed by atoms with Gasteiger partial charge in [0.25, 0.3) is 5.91 Å². The Hall–Kier alpha value is -2.53. The Labute approximate surface area is 157 Å². The normalized spacial score (nSPS) is 16.0. The van der Waals surface area contributed by atoms with Crippen molar-refractivity contribution in [3.8, 4) is 5.75 Å². The lowest BCUT2D eigenvalue weighted by atomic mass is 9.99. The predicted octanol–water partition coefficient (Wildman–Crippen LogP) is 3.04. The van der Waals surface area contributed by atoms with Crippen molar-refractivity contribution in [3.63, 3.8) is 0 Å². The van der Waals surface area contributed by atoms with Crippen LogP contribution in [-0.2, 0) is 22.6 Å². The van der Waals surface area contributed by atoms with Gasteiger partial charge in [-0.1, -0.05) is 29.8 Å². The molecule has 2 aliphatic heterocycles. The monoisotopic (exact) mass is 370 g/mol. The molecule has 2 aliphatic rings. The van der Waals surface area contributed by atoms with E-state index >= 15 is 0 Å². The number of amides is 2. The predicted molar refractivity (Wildman–Crippen MR) is 99.5 cm³/mol. The van der Waals surface area contributed by atoms with E-state index in [0.29, 0.717) is 30.4 Å². The molecule has 0 unspecified atom stereocenters. The summed E-state index contributed by atoms with van der Waals surface area (Å²) in [6.45, 7) is 1.64. The van der Waals surface area contributed by atoms with Crippen LogP contribution in [0.3, 0.4) is 0 Å². The van der Waals surface area contributed by atoms with Gasteiger partial charge >= 0.3 is 0 Å². The Morgan fingerprint density at radius 2 is 2.00 bits per heavy atom. The van der Waals surface area contributed by atoms with Gasteiger partial charge in [-0.3, -0.25) is 9.59 Å². The highest BCUT2D eigenvalue weighted by Crippen LogP contribution is 2.31. The molecule has 0 saturated heterocycles. The number of anilines is 1. The van der Waals surface area contributed by atoms with Crippen LogP contribution in [0.5, 0.6) is 5.75 Å². The van der Waals surface area contributed by atoms with E-state index in [9.17, 15) is 9.59 Å². The molecular weight excluding hydrogens is 352 g/mol. The zero-order chi connectivity index (χ0) is 18.1. The fraction of sp³-hybridized carbons (Fsp3) is 0.300. The van der Waals surface area contributed by atoms with Crippen LogP contribution in [0.2, 0.25) is 5.02 Å². The summed E-state index contributed by atoms with van der Waals surface area (Å²) >= 11 is 6.07. The molecule has 0 aromatic heterocycles. The van der Waals surface area contributed by atoms with Crippen molar-refractivity contribution in [2.24, 2.45) is 0 Å². The first-order valence-electron chi connectivity index (χ1n) is 8.69. The van der Waals surface area contributed by atoms with Gasteiger partial charge in [-0.25, -0.2) is 0 Å². The van der Waals surface area contributed by atoms with Crippen LogP contribution in [0.25, 0.3) is 0 Å². The van der Waals surface area contributed by atoms with Crippen LogP contribution in [0.4, 0.5) is 5.69 Å². The summed E-state index contributed by atoms with van der Waals surface area (Å²) in [4.78, 5) is 28.4. The summed E-state index contributed by atoms with van der Waals surface area (Å²) in [6, 6.07) is 13.3. The second-order valence-corrected chi connectivity index (χ2v) is 6.97. The van der Waals surface area contributed by atoms with E-state index in [1.165, 1.54) is 5.56 Å². The molecule has 0 N–H and O–H groups in total. The fourth-order valence-corrected chi connectivity index (χ4v) is 3.70. The molecule has 2 heterocycles. The van der Waals surface area contributed by atoms with Crippen LogP contribution in [-0.4, -0.2) is 36.4 Å². The van der Waals surface area contributed by atoms with Gasteiger partial charge in [0.05, 0.1) is 5.69 Å². The third kappa shape index (κ3) is 3.27. The van der Waals surface area contributed by atoms with Gasteiger partial charge in [0, 0.05) is 31.1 Å². The lowest BCUT2D eigenvalue weighted by Crippen LogP contribution is -2.42. The fourth-order valence-electron chi connectivity index (χ4n) is 3.50. The Morgan fingerprint density at radius 3 is 2.88 bits per heavy atom. The number of para-hydroxylation sites is 2. The first-order chi connectivity index (χ1) is 12.6. The van der Waals surface area contributed by atoms with E-state index in [0.717, 1.165) is 17.7 Å². The van der Waals surface area contributed by atoms with Gasteiger partial charge in [0.2, 0.25) is 5.91 Å². The average molecular weight is 371 g/mol. The van der Waals surface area contributed by atoms with Crippen molar-refractivity contribution in [2.75, 3.05) is 24.6 Å². The molecule has 0 bridgehead atoms.